The van der Waals surface area contributed by atoms with Gasteiger partial charge in [0.05, 0.1) is 11.8 Å². The maximum Gasteiger partial charge on any atom is 0.172 e. The predicted octanol–water partition coefficient (Wildman–Crippen LogP) is 3.54. The summed E-state index contributed by atoms with van der Waals surface area (Å²) in [4.78, 5) is 25.6. The van der Waals surface area contributed by atoms with Crippen LogP contribution in [-0.4, -0.2) is 29.3 Å². The van der Waals surface area contributed by atoms with Gasteiger partial charge in [0.2, 0.25) is 0 Å². The van der Waals surface area contributed by atoms with Crippen molar-refractivity contribution in [3.05, 3.63) is 36.2 Å². The third-order valence-corrected chi connectivity index (χ3v) is 3.95. The Morgan fingerprint density at radius 3 is 2.61 bits per heavy atom. The van der Waals surface area contributed by atoms with Crippen LogP contribution in [0.4, 0.5) is 3.89 Å². The third-order valence-electron chi connectivity index (χ3n) is 3.52. The zero-order chi connectivity index (χ0) is 16.8. The number of hydrogen-bond donors (Lipinski definition) is 0. The molecule has 0 aliphatic heterocycles. The Labute approximate surface area is 137 Å². The summed E-state index contributed by atoms with van der Waals surface area (Å²) in [6.07, 6.45) is 6.41. The summed E-state index contributed by atoms with van der Waals surface area (Å²) >= 11 is -0.00356. The number of ketones is 1. The Bertz CT molecular complexity index is 893. The molecule has 6 nitrogen and oxygen atoms in total. The number of fused-ring (bicyclic) bond motifs is 1. The number of imidazole rings is 1. The van der Waals surface area contributed by atoms with E-state index in [0.717, 1.165) is 5.82 Å². The van der Waals surface area contributed by atoms with Gasteiger partial charge in [0.1, 0.15) is 11.3 Å². The molecule has 0 radical (unpaired) electrons. The molecule has 0 saturated carbocycles. The Balaban J connectivity index is 2.25. The maximum absolute atomic E-state index is 13.2. The van der Waals surface area contributed by atoms with Crippen LogP contribution >= 0.6 is 12.3 Å². The Kier molecular flexibility index (Phi) is 3.71. The first-order valence-electron chi connectivity index (χ1n) is 7.05. The van der Waals surface area contributed by atoms with Crippen molar-refractivity contribution in [2.45, 2.75) is 27.7 Å². The SMILES string of the molecule is Cc1nccn1-c1cnc2c(n1)c(C(=O)C(C)(C)C)cn2SF. The lowest BCUT2D eigenvalue weighted by Crippen LogP contribution is -2.20. The molecule has 3 aromatic rings. The van der Waals surface area contributed by atoms with Gasteiger partial charge in [0, 0.05) is 24.0 Å². The largest absolute Gasteiger partial charge is 0.293 e. The lowest BCUT2D eigenvalue weighted by molar-refractivity contribution is 0.0860. The van der Waals surface area contributed by atoms with Crippen molar-refractivity contribution in [2.24, 2.45) is 5.41 Å². The summed E-state index contributed by atoms with van der Waals surface area (Å²) < 4.78 is 16.1. The molecule has 8 heteroatoms. The van der Waals surface area contributed by atoms with Crippen molar-refractivity contribution in [2.75, 3.05) is 0 Å². The number of aryl methyl sites for hydroxylation is 1. The molecule has 3 rings (SSSR count). The number of halogens is 1. The van der Waals surface area contributed by atoms with Crippen LogP contribution in [0.2, 0.25) is 0 Å². The van der Waals surface area contributed by atoms with Gasteiger partial charge in [-0.05, 0) is 6.92 Å². The number of Topliss-reactive ketones (excluding diaryl/α,β-unsaturated/α-hetero) is 1. The highest BCUT2D eigenvalue weighted by molar-refractivity contribution is 7.92. The molecular formula is C15H16FN5OS. The van der Waals surface area contributed by atoms with Crippen LogP contribution in [0, 0.1) is 12.3 Å². The molecule has 0 bridgehead atoms. The second-order valence-electron chi connectivity index (χ2n) is 6.26. The van der Waals surface area contributed by atoms with E-state index in [4.69, 9.17) is 0 Å². The van der Waals surface area contributed by atoms with E-state index in [1.165, 1.54) is 16.4 Å². The number of rotatable bonds is 3. The molecule has 0 aromatic carbocycles. The zero-order valence-corrected chi connectivity index (χ0v) is 14.1. The summed E-state index contributed by atoms with van der Waals surface area (Å²) in [7, 11) is 0. The fourth-order valence-electron chi connectivity index (χ4n) is 2.31. The molecule has 3 aromatic heterocycles. The lowest BCUT2D eigenvalue weighted by Gasteiger charge is -2.15. The molecule has 0 amide bonds. The van der Waals surface area contributed by atoms with Crippen LogP contribution < -0.4 is 0 Å². The fourth-order valence-corrected chi connectivity index (χ4v) is 2.66. The number of carbonyl (C=O) groups is 1. The molecule has 0 aliphatic rings. The fraction of sp³-hybridized carbons (Fsp3) is 0.333. The molecule has 0 unspecified atom stereocenters. The van der Waals surface area contributed by atoms with Crippen LogP contribution in [0.15, 0.2) is 24.8 Å². The van der Waals surface area contributed by atoms with Crippen molar-refractivity contribution in [3.8, 4) is 5.82 Å². The van der Waals surface area contributed by atoms with E-state index in [0.29, 0.717) is 22.5 Å². The van der Waals surface area contributed by atoms with E-state index in [2.05, 4.69) is 15.0 Å². The van der Waals surface area contributed by atoms with Crippen molar-refractivity contribution in [3.63, 3.8) is 0 Å². The normalized spacial score (nSPS) is 12.0. The van der Waals surface area contributed by atoms with Gasteiger partial charge < -0.3 is 0 Å². The molecule has 0 N–H and O–H groups in total. The third kappa shape index (κ3) is 2.63. The van der Waals surface area contributed by atoms with E-state index in [1.807, 2.05) is 27.7 Å². The molecule has 0 spiro atoms. The highest BCUT2D eigenvalue weighted by Crippen LogP contribution is 2.29. The van der Waals surface area contributed by atoms with Crippen molar-refractivity contribution in [1.29, 1.82) is 0 Å². The minimum absolute atomic E-state index is 0.00356. The van der Waals surface area contributed by atoms with Gasteiger partial charge in [-0.2, -0.15) is 0 Å². The summed E-state index contributed by atoms with van der Waals surface area (Å²) in [5.41, 5.74) is 0.486. The monoisotopic (exact) mass is 333 g/mol. The van der Waals surface area contributed by atoms with Crippen molar-refractivity contribution < 1.29 is 8.68 Å². The highest BCUT2D eigenvalue weighted by atomic mass is 32.2. The van der Waals surface area contributed by atoms with Crippen LogP contribution in [0.1, 0.15) is 37.0 Å². The Hall–Kier alpha value is -2.22. The van der Waals surface area contributed by atoms with E-state index in [1.54, 1.807) is 17.0 Å². The molecule has 0 saturated heterocycles. The molecule has 3 heterocycles. The Morgan fingerprint density at radius 1 is 1.30 bits per heavy atom. The summed E-state index contributed by atoms with van der Waals surface area (Å²) in [5, 5.41) is 0. The lowest BCUT2D eigenvalue weighted by atomic mass is 9.87. The Morgan fingerprint density at radius 2 is 2.04 bits per heavy atom. The summed E-state index contributed by atoms with van der Waals surface area (Å²) in [6.45, 7) is 7.30. The minimum Gasteiger partial charge on any atom is -0.293 e. The minimum atomic E-state index is -0.595. The van der Waals surface area contributed by atoms with E-state index < -0.39 is 5.41 Å². The number of hydrogen-bond acceptors (Lipinski definition) is 5. The molecule has 0 aliphatic carbocycles. The van der Waals surface area contributed by atoms with E-state index in [9.17, 15) is 8.68 Å². The first-order valence-corrected chi connectivity index (χ1v) is 7.72. The second-order valence-corrected chi connectivity index (χ2v) is 6.79. The van der Waals surface area contributed by atoms with Gasteiger partial charge in [-0.3, -0.25) is 9.36 Å². The van der Waals surface area contributed by atoms with Gasteiger partial charge in [0.15, 0.2) is 29.6 Å². The van der Waals surface area contributed by atoms with Crippen LogP contribution in [0.3, 0.4) is 0 Å². The van der Waals surface area contributed by atoms with Gasteiger partial charge in [-0.1, -0.05) is 20.8 Å². The quantitative estimate of drug-likeness (QED) is 0.686. The summed E-state index contributed by atoms with van der Waals surface area (Å²) in [5.74, 6) is 1.18. The van der Waals surface area contributed by atoms with Gasteiger partial charge in [-0.15, -0.1) is 3.89 Å². The molecule has 0 fully saturated rings. The molecule has 0 atom stereocenters. The first kappa shape index (κ1) is 15.7. The average Bonchev–Trinajstić information content (AvgIpc) is 3.08. The standard InChI is InChI=1S/C15H16FN5OS/c1-9-17-5-6-20(9)11-7-18-14-12(19-11)10(8-21(14)23-16)13(22)15(2,3)4/h5-8H,1-4H3. The maximum atomic E-state index is 13.2. The van der Waals surface area contributed by atoms with Crippen LogP contribution in [-0.2, 0) is 0 Å². The smallest absolute Gasteiger partial charge is 0.172 e. The number of carbonyl (C=O) groups excluding carboxylic acids is 1. The number of aromatic nitrogens is 5. The van der Waals surface area contributed by atoms with Gasteiger partial charge >= 0.3 is 0 Å². The molecular weight excluding hydrogens is 317 g/mol. The number of nitrogens with zero attached hydrogens (tertiary/aromatic N) is 5. The summed E-state index contributed by atoms with van der Waals surface area (Å²) in [6, 6.07) is 0. The van der Waals surface area contributed by atoms with Gasteiger partial charge in [0.25, 0.3) is 0 Å². The highest BCUT2D eigenvalue weighted by Gasteiger charge is 2.28. The second kappa shape index (κ2) is 5.45. The first-order chi connectivity index (χ1) is 10.8. The van der Waals surface area contributed by atoms with Crippen LogP contribution in [0.5, 0.6) is 0 Å². The van der Waals surface area contributed by atoms with Gasteiger partial charge in [-0.25, -0.2) is 18.9 Å². The molecule has 120 valence electrons. The zero-order valence-electron chi connectivity index (χ0n) is 13.2. The molecule has 23 heavy (non-hydrogen) atoms. The van der Waals surface area contributed by atoms with E-state index >= 15 is 0 Å². The van der Waals surface area contributed by atoms with E-state index in [-0.39, 0.29) is 18.1 Å². The van der Waals surface area contributed by atoms with Crippen molar-refractivity contribution >= 4 is 29.3 Å². The van der Waals surface area contributed by atoms with Crippen molar-refractivity contribution in [1.82, 2.24) is 23.5 Å². The average molecular weight is 333 g/mol. The topological polar surface area (TPSA) is 65.6 Å². The predicted molar refractivity (Wildman–Crippen MR) is 87.3 cm³/mol. The van der Waals surface area contributed by atoms with Crippen LogP contribution in [0.25, 0.3) is 17.0 Å².